The van der Waals surface area contributed by atoms with Crippen LogP contribution in [0.25, 0.3) is 10.9 Å². The Kier molecular flexibility index (Phi) is 3.97. The van der Waals surface area contributed by atoms with E-state index in [4.69, 9.17) is 5.10 Å². The number of nitrogens with one attached hydrogen (secondary N) is 1. The lowest BCUT2D eigenvalue weighted by molar-refractivity contribution is 0.490. The molecule has 0 bridgehead atoms. The summed E-state index contributed by atoms with van der Waals surface area (Å²) in [4.78, 5) is 4.26. The van der Waals surface area contributed by atoms with Gasteiger partial charge < -0.3 is 5.32 Å². The third-order valence-corrected chi connectivity index (χ3v) is 3.83. The number of hydrogen-bond donors (Lipinski definition) is 1. The molecule has 0 radical (unpaired) electrons. The van der Waals surface area contributed by atoms with Crippen LogP contribution in [0.1, 0.15) is 23.7 Å². The van der Waals surface area contributed by atoms with Crippen LogP contribution in [0.3, 0.4) is 0 Å². The van der Waals surface area contributed by atoms with Crippen molar-refractivity contribution in [2.75, 3.05) is 13.6 Å². The van der Waals surface area contributed by atoms with Gasteiger partial charge in [-0.15, -0.1) is 0 Å². The second-order valence-electron chi connectivity index (χ2n) is 5.24. The highest BCUT2D eigenvalue weighted by Gasteiger charge is 2.18. The molecule has 1 aromatic carbocycles. The Morgan fingerprint density at radius 3 is 2.81 bits per heavy atom. The minimum atomic E-state index is 0.199. The Morgan fingerprint density at radius 1 is 1.19 bits per heavy atom. The highest BCUT2D eigenvalue weighted by molar-refractivity contribution is 5.81. The third kappa shape index (κ3) is 2.67. The minimum absolute atomic E-state index is 0.199. The fourth-order valence-corrected chi connectivity index (χ4v) is 2.77. The van der Waals surface area contributed by atoms with E-state index in [0.29, 0.717) is 0 Å². The van der Waals surface area contributed by atoms with Crippen molar-refractivity contribution in [3.8, 4) is 0 Å². The Morgan fingerprint density at radius 2 is 2.05 bits per heavy atom. The zero-order chi connectivity index (χ0) is 14.7. The number of hydrogen-bond acceptors (Lipinski definition) is 3. The number of aromatic nitrogens is 3. The van der Waals surface area contributed by atoms with Gasteiger partial charge in [-0.3, -0.25) is 9.67 Å². The first-order valence-corrected chi connectivity index (χ1v) is 7.29. The summed E-state index contributed by atoms with van der Waals surface area (Å²) < 4.78 is 2.14. The second-order valence-corrected chi connectivity index (χ2v) is 5.24. The summed E-state index contributed by atoms with van der Waals surface area (Å²) in [5, 5.41) is 9.23. The maximum Gasteiger partial charge on any atom is 0.0802 e. The van der Waals surface area contributed by atoms with Gasteiger partial charge in [0.2, 0.25) is 0 Å². The Labute approximate surface area is 124 Å². The van der Waals surface area contributed by atoms with Gasteiger partial charge in [0.25, 0.3) is 0 Å². The van der Waals surface area contributed by atoms with Gasteiger partial charge in [-0.05, 0) is 44.6 Å². The second kappa shape index (κ2) is 6.06. The third-order valence-electron chi connectivity index (χ3n) is 3.83. The normalized spacial score (nSPS) is 12.7. The summed E-state index contributed by atoms with van der Waals surface area (Å²) in [6.07, 6.45) is 4.73. The molecule has 0 saturated carbocycles. The van der Waals surface area contributed by atoms with Crippen LogP contribution < -0.4 is 5.32 Å². The van der Waals surface area contributed by atoms with Crippen molar-refractivity contribution < 1.29 is 0 Å². The van der Waals surface area contributed by atoms with Crippen molar-refractivity contribution in [2.24, 2.45) is 0 Å². The Balaban J connectivity index is 2.10. The maximum absolute atomic E-state index is 4.78. The molecule has 0 amide bonds. The smallest absolute Gasteiger partial charge is 0.0802 e. The van der Waals surface area contributed by atoms with E-state index < -0.39 is 0 Å². The Bertz CT molecular complexity index is 718. The molecule has 0 aliphatic rings. The zero-order valence-corrected chi connectivity index (χ0v) is 12.5. The van der Waals surface area contributed by atoms with Crippen LogP contribution in [0, 0.1) is 6.92 Å². The summed E-state index contributed by atoms with van der Waals surface area (Å²) >= 11 is 0. The van der Waals surface area contributed by atoms with Crippen molar-refractivity contribution in [3.63, 3.8) is 0 Å². The number of rotatable bonds is 5. The minimum Gasteiger partial charge on any atom is -0.320 e. The molecule has 1 unspecified atom stereocenters. The first kappa shape index (κ1) is 13.8. The molecular weight excluding hydrogens is 260 g/mol. The fourth-order valence-electron chi connectivity index (χ4n) is 2.77. The summed E-state index contributed by atoms with van der Waals surface area (Å²) in [5.74, 6) is 0. The molecule has 2 aromatic heterocycles. The van der Waals surface area contributed by atoms with Crippen LogP contribution in [0.5, 0.6) is 0 Å². The van der Waals surface area contributed by atoms with Crippen LogP contribution in [0.4, 0.5) is 0 Å². The topological polar surface area (TPSA) is 42.7 Å². The van der Waals surface area contributed by atoms with Gasteiger partial charge in [0.15, 0.2) is 0 Å². The molecule has 21 heavy (non-hydrogen) atoms. The average Bonchev–Trinajstić information content (AvgIpc) is 2.87. The number of nitrogens with zero attached hydrogens (tertiary/aromatic N) is 3. The molecule has 1 atom stereocenters. The van der Waals surface area contributed by atoms with Crippen molar-refractivity contribution in [3.05, 3.63) is 60.0 Å². The van der Waals surface area contributed by atoms with E-state index in [2.05, 4.69) is 52.2 Å². The maximum atomic E-state index is 4.78. The van der Waals surface area contributed by atoms with Gasteiger partial charge in [0.1, 0.15) is 0 Å². The summed E-state index contributed by atoms with van der Waals surface area (Å²) in [6.45, 7) is 3.00. The van der Waals surface area contributed by atoms with Crippen molar-refractivity contribution in [2.45, 2.75) is 19.4 Å². The summed E-state index contributed by atoms with van der Waals surface area (Å²) in [5.41, 5.74) is 3.45. The molecule has 4 heteroatoms. The number of para-hydroxylation sites is 1. The molecule has 0 saturated heterocycles. The molecular formula is C17H20N4. The van der Waals surface area contributed by atoms with E-state index in [1.54, 1.807) is 0 Å². The standard InChI is InChI=1S/C17H20N4/c1-13-15-7-3-4-8-17(15)21(20-13)16(9-11-18-2)14-6-5-10-19-12-14/h3-8,10,12,16,18H,9,11H2,1-2H3. The molecule has 0 spiro atoms. The van der Waals surface area contributed by atoms with E-state index in [9.17, 15) is 0 Å². The first-order valence-electron chi connectivity index (χ1n) is 7.29. The van der Waals surface area contributed by atoms with E-state index in [-0.39, 0.29) is 6.04 Å². The van der Waals surface area contributed by atoms with E-state index in [1.165, 1.54) is 16.5 Å². The summed E-state index contributed by atoms with van der Waals surface area (Å²) in [6, 6.07) is 12.7. The number of fused-ring (bicyclic) bond motifs is 1. The highest BCUT2D eigenvalue weighted by Crippen LogP contribution is 2.27. The van der Waals surface area contributed by atoms with E-state index >= 15 is 0 Å². The lowest BCUT2D eigenvalue weighted by Crippen LogP contribution is -2.19. The fraction of sp³-hybridized carbons (Fsp3) is 0.294. The molecule has 0 aliphatic carbocycles. The van der Waals surface area contributed by atoms with Gasteiger partial charge in [0, 0.05) is 17.8 Å². The molecule has 0 aliphatic heterocycles. The van der Waals surface area contributed by atoms with Crippen LogP contribution in [0.15, 0.2) is 48.8 Å². The van der Waals surface area contributed by atoms with Crippen molar-refractivity contribution in [1.82, 2.24) is 20.1 Å². The van der Waals surface area contributed by atoms with E-state index in [0.717, 1.165) is 18.7 Å². The lowest BCUT2D eigenvalue weighted by atomic mass is 10.1. The number of pyridine rings is 1. The van der Waals surface area contributed by atoms with Gasteiger partial charge in [-0.2, -0.15) is 5.10 Å². The lowest BCUT2D eigenvalue weighted by Gasteiger charge is -2.18. The molecule has 2 heterocycles. The first-order chi connectivity index (χ1) is 10.3. The predicted octanol–water partition coefficient (Wildman–Crippen LogP) is 2.94. The Hall–Kier alpha value is -2.20. The monoisotopic (exact) mass is 280 g/mol. The SMILES string of the molecule is CNCCC(c1cccnc1)n1nc(C)c2ccccc21. The van der Waals surface area contributed by atoms with Crippen LogP contribution in [-0.2, 0) is 0 Å². The van der Waals surface area contributed by atoms with Crippen LogP contribution >= 0.6 is 0 Å². The van der Waals surface area contributed by atoms with Crippen LogP contribution in [-0.4, -0.2) is 28.4 Å². The van der Waals surface area contributed by atoms with E-state index in [1.807, 2.05) is 25.5 Å². The zero-order valence-electron chi connectivity index (χ0n) is 12.5. The van der Waals surface area contributed by atoms with Crippen molar-refractivity contribution in [1.29, 1.82) is 0 Å². The van der Waals surface area contributed by atoms with Crippen LogP contribution in [0.2, 0.25) is 0 Å². The molecule has 1 N–H and O–H groups in total. The molecule has 4 nitrogen and oxygen atoms in total. The molecule has 0 fully saturated rings. The average molecular weight is 280 g/mol. The molecule has 108 valence electrons. The van der Waals surface area contributed by atoms with Crippen molar-refractivity contribution >= 4 is 10.9 Å². The predicted molar refractivity (Wildman–Crippen MR) is 85.4 cm³/mol. The number of benzene rings is 1. The molecule has 3 aromatic rings. The number of aryl methyl sites for hydroxylation is 1. The van der Waals surface area contributed by atoms with Gasteiger partial charge in [-0.1, -0.05) is 24.3 Å². The quantitative estimate of drug-likeness (QED) is 0.781. The van der Waals surface area contributed by atoms with Gasteiger partial charge in [-0.25, -0.2) is 0 Å². The largest absolute Gasteiger partial charge is 0.320 e. The van der Waals surface area contributed by atoms with Gasteiger partial charge >= 0.3 is 0 Å². The summed E-state index contributed by atoms with van der Waals surface area (Å²) in [7, 11) is 1.98. The van der Waals surface area contributed by atoms with Gasteiger partial charge in [0.05, 0.1) is 17.3 Å². The molecule has 3 rings (SSSR count). The highest BCUT2D eigenvalue weighted by atomic mass is 15.3.